The summed E-state index contributed by atoms with van der Waals surface area (Å²) in [6, 6.07) is 9.50. The molecule has 2 aromatic rings. The largest absolute Gasteiger partial charge is 0.377 e. The molecule has 0 radical (unpaired) electrons. The number of morpholine rings is 1. The van der Waals surface area contributed by atoms with Crippen molar-refractivity contribution < 1.29 is 9.53 Å². The predicted octanol–water partition coefficient (Wildman–Crippen LogP) is 1.88. The van der Waals surface area contributed by atoms with Crippen LogP contribution in [0.5, 0.6) is 0 Å². The van der Waals surface area contributed by atoms with E-state index >= 15 is 0 Å². The van der Waals surface area contributed by atoms with Crippen molar-refractivity contribution in [3.63, 3.8) is 0 Å². The fourth-order valence-corrected chi connectivity index (χ4v) is 3.17. The van der Waals surface area contributed by atoms with E-state index in [1.807, 2.05) is 35.2 Å². The summed E-state index contributed by atoms with van der Waals surface area (Å²) in [6.45, 7) is 2.03. The molecule has 1 aromatic carbocycles. The number of benzene rings is 1. The molecule has 1 fully saturated rings. The molecule has 0 N–H and O–H groups in total. The van der Waals surface area contributed by atoms with Crippen LogP contribution in [0.1, 0.15) is 5.56 Å². The molecule has 1 aromatic heterocycles. The van der Waals surface area contributed by atoms with Gasteiger partial charge in [-0.25, -0.2) is 4.98 Å². The number of rotatable bonds is 2. The lowest BCUT2D eigenvalue weighted by Crippen LogP contribution is -2.58. The Bertz CT molecular complexity index is 740. The summed E-state index contributed by atoms with van der Waals surface area (Å²) in [5.41, 5.74) is 1.74. The Balaban J connectivity index is 1.77. The predicted molar refractivity (Wildman–Crippen MR) is 86.6 cm³/mol. The number of fused-ring (bicyclic) bond motifs is 3. The first kappa shape index (κ1) is 14.4. The van der Waals surface area contributed by atoms with Crippen LogP contribution in [-0.4, -0.2) is 41.7 Å². The Morgan fingerprint density at radius 1 is 1.30 bits per heavy atom. The summed E-state index contributed by atoms with van der Waals surface area (Å²) in [4.78, 5) is 25.0. The molecule has 1 amide bonds. The number of ether oxygens (including phenoxy) is 1. The molecule has 2 aliphatic heterocycles. The zero-order valence-corrected chi connectivity index (χ0v) is 13.1. The lowest BCUT2D eigenvalue weighted by atomic mass is 10.1. The highest BCUT2D eigenvalue weighted by molar-refractivity contribution is 6.28. The highest BCUT2D eigenvalue weighted by atomic mass is 35.5. The van der Waals surface area contributed by atoms with E-state index in [0.29, 0.717) is 37.8 Å². The molecule has 1 saturated heterocycles. The van der Waals surface area contributed by atoms with Crippen molar-refractivity contribution >= 4 is 29.0 Å². The number of halogens is 1. The molecule has 0 spiro atoms. The van der Waals surface area contributed by atoms with Crippen molar-refractivity contribution in [3.8, 4) is 0 Å². The van der Waals surface area contributed by atoms with E-state index in [0.717, 1.165) is 5.56 Å². The van der Waals surface area contributed by atoms with Gasteiger partial charge in [-0.3, -0.25) is 4.79 Å². The van der Waals surface area contributed by atoms with E-state index in [4.69, 9.17) is 16.3 Å². The van der Waals surface area contributed by atoms with Crippen LogP contribution in [0.25, 0.3) is 0 Å². The van der Waals surface area contributed by atoms with E-state index in [9.17, 15) is 4.79 Å². The third-order valence-corrected chi connectivity index (χ3v) is 4.33. The van der Waals surface area contributed by atoms with Gasteiger partial charge in [0.15, 0.2) is 5.82 Å². The molecule has 4 rings (SSSR count). The minimum absolute atomic E-state index is 0.00646. The maximum atomic E-state index is 12.9. The average molecular weight is 331 g/mol. The first-order chi connectivity index (χ1) is 11.2. The molecule has 6 nitrogen and oxygen atoms in total. The van der Waals surface area contributed by atoms with E-state index in [1.165, 1.54) is 0 Å². The quantitative estimate of drug-likeness (QED) is 0.787. The van der Waals surface area contributed by atoms with Gasteiger partial charge < -0.3 is 14.5 Å². The number of aromatic nitrogens is 2. The summed E-state index contributed by atoms with van der Waals surface area (Å²) < 4.78 is 5.49. The highest BCUT2D eigenvalue weighted by Crippen LogP contribution is 2.36. The third-order valence-electron chi connectivity index (χ3n) is 4.15. The second-order valence-corrected chi connectivity index (χ2v) is 5.88. The Labute approximate surface area is 138 Å². The second-order valence-electron chi connectivity index (χ2n) is 5.54. The lowest BCUT2D eigenvalue weighted by Gasteiger charge is -2.43. The Hall–Kier alpha value is -2.18. The average Bonchev–Trinajstić information content (AvgIpc) is 2.59. The maximum absolute atomic E-state index is 12.9. The monoisotopic (exact) mass is 330 g/mol. The van der Waals surface area contributed by atoms with Gasteiger partial charge in [-0.15, -0.1) is 0 Å². The molecule has 1 atom stereocenters. The van der Waals surface area contributed by atoms with Crippen LogP contribution in [0.3, 0.4) is 0 Å². The third kappa shape index (κ3) is 2.54. The van der Waals surface area contributed by atoms with E-state index in [-0.39, 0.29) is 17.2 Å². The van der Waals surface area contributed by atoms with Crippen LogP contribution >= 0.6 is 11.6 Å². The number of anilines is 2. The zero-order valence-electron chi connectivity index (χ0n) is 12.4. The van der Waals surface area contributed by atoms with Gasteiger partial charge in [0.1, 0.15) is 11.7 Å². The number of nitrogens with zero attached hydrogens (tertiary/aromatic N) is 4. The fourth-order valence-electron chi connectivity index (χ4n) is 3.04. The topological polar surface area (TPSA) is 58.6 Å². The number of carbonyl (C=O) groups excluding carboxylic acids is 1. The van der Waals surface area contributed by atoms with Crippen molar-refractivity contribution in [2.45, 2.75) is 12.6 Å². The number of amides is 1. The maximum Gasteiger partial charge on any atom is 0.252 e. The van der Waals surface area contributed by atoms with Crippen LogP contribution in [0.4, 0.5) is 11.5 Å². The van der Waals surface area contributed by atoms with Crippen LogP contribution in [0.15, 0.2) is 36.5 Å². The van der Waals surface area contributed by atoms with Crippen molar-refractivity contribution in [3.05, 3.63) is 47.4 Å². The van der Waals surface area contributed by atoms with Gasteiger partial charge in [-0.1, -0.05) is 30.3 Å². The summed E-state index contributed by atoms with van der Waals surface area (Å²) in [7, 11) is 0. The van der Waals surface area contributed by atoms with E-state index in [1.54, 1.807) is 11.1 Å². The van der Waals surface area contributed by atoms with Gasteiger partial charge in [0.25, 0.3) is 5.91 Å². The summed E-state index contributed by atoms with van der Waals surface area (Å²) in [5, 5.41) is 0.183. The van der Waals surface area contributed by atoms with Crippen molar-refractivity contribution in [1.29, 1.82) is 0 Å². The molecule has 7 heteroatoms. The zero-order chi connectivity index (χ0) is 15.8. The molecule has 0 aliphatic carbocycles. The van der Waals surface area contributed by atoms with Crippen molar-refractivity contribution in [1.82, 2.24) is 9.97 Å². The van der Waals surface area contributed by atoms with Crippen molar-refractivity contribution in [2.24, 2.45) is 0 Å². The summed E-state index contributed by atoms with van der Waals surface area (Å²) in [5.74, 6) is 0.709. The standard InChI is InChI=1S/C16H15ClN4O2/c17-16-18-8-12-14(19-16)20-6-7-23-10-13(20)15(22)21(12)9-11-4-2-1-3-5-11/h1-5,8,13H,6-7,9-10H2. The first-order valence-electron chi connectivity index (χ1n) is 7.46. The minimum atomic E-state index is -0.356. The number of hydrogen-bond donors (Lipinski definition) is 0. The smallest absolute Gasteiger partial charge is 0.252 e. The van der Waals surface area contributed by atoms with Gasteiger partial charge in [0.05, 0.1) is 26.0 Å². The molecule has 2 aliphatic rings. The van der Waals surface area contributed by atoms with Gasteiger partial charge in [0, 0.05) is 6.54 Å². The van der Waals surface area contributed by atoms with Gasteiger partial charge in [-0.05, 0) is 17.2 Å². The highest BCUT2D eigenvalue weighted by Gasteiger charge is 2.41. The minimum Gasteiger partial charge on any atom is -0.377 e. The van der Waals surface area contributed by atoms with Crippen LogP contribution < -0.4 is 9.80 Å². The Morgan fingerprint density at radius 3 is 2.96 bits per heavy atom. The molecule has 118 valence electrons. The first-order valence-corrected chi connectivity index (χ1v) is 7.84. The summed E-state index contributed by atoms with van der Waals surface area (Å²) >= 11 is 5.97. The molecule has 23 heavy (non-hydrogen) atoms. The normalized spacial score (nSPS) is 20.2. The fraction of sp³-hybridized carbons (Fsp3) is 0.312. The van der Waals surface area contributed by atoms with Crippen LogP contribution in [-0.2, 0) is 16.1 Å². The van der Waals surface area contributed by atoms with Gasteiger partial charge in [-0.2, -0.15) is 4.98 Å². The van der Waals surface area contributed by atoms with Crippen LogP contribution in [0, 0.1) is 0 Å². The Kier molecular flexibility index (Phi) is 3.63. The van der Waals surface area contributed by atoms with E-state index < -0.39 is 0 Å². The lowest BCUT2D eigenvalue weighted by molar-refractivity contribution is -0.122. The van der Waals surface area contributed by atoms with E-state index in [2.05, 4.69) is 9.97 Å². The molecular formula is C16H15ClN4O2. The van der Waals surface area contributed by atoms with Gasteiger partial charge >= 0.3 is 0 Å². The Morgan fingerprint density at radius 2 is 2.13 bits per heavy atom. The number of carbonyl (C=O) groups is 1. The molecule has 3 heterocycles. The van der Waals surface area contributed by atoms with Crippen molar-refractivity contribution in [2.75, 3.05) is 29.6 Å². The van der Waals surface area contributed by atoms with Crippen LogP contribution in [0.2, 0.25) is 5.28 Å². The molecule has 1 unspecified atom stereocenters. The SMILES string of the molecule is O=C1C2COCCN2c2nc(Cl)ncc2N1Cc1ccccc1. The molecular weight excluding hydrogens is 316 g/mol. The number of hydrogen-bond acceptors (Lipinski definition) is 5. The molecule has 0 saturated carbocycles. The molecule has 0 bridgehead atoms. The summed E-state index contributed by atoms with van der Waals surface area (Å²) in [6.07, 6.45) is 1.62. The second kappa shape index (κ2) is 5.79. The van der Waals surface area contributed by atoms with Gasteiger partial charge in [0.2, 0.25) is 5.28 Å².